The zero-order valence-electron chi connectivity index (χ0n) is 12.0. The highest BCUT2D eigenvalue weighted by Gasteiger charge is 2.01. The summed E-state index contributed by atoms with van der Waals surface area (Å²) in [5.41, 5.74) is 9.48. The smallest absolute Gasteiger partial charge is 0.0456 e. The molecule has 0 saturated heterocycles. The standard InChI is InChI=1S/C17H26N2/c1-2-3-4-5-6-7-8-16-12-15-11-14(13-18)9-10-17(15)19-16/h9-12,19H,2-8,13,18H2,1H3. The Morgan fingerprint density at radius 2 is 1.79 bits per heavy atom. The van der Waals surface area contributed by atoms with Gasteiger partial charge in [-0.1, -0.05) is 45.1 Å². The summed E-state index contributed by atoms with van der Waals surface area (Å²) in [6, 6.07) is 8.72. The van der Waals surface area contributed by atoms with Crippen molar-refractivity contribution >= 4 is 10.9 Å². The van der Waals surface area contributed by atoms with Crippen LogP contribution in [0.3, 0.4) is 0 Å². The SMILES string of the molecule is CCCCCCCCc1cc2cc(CN)ccc2[nH]1. The summed E-state index contributed by atoms with van der Waals surface area (Å²) in [4.78, 5) is 3.51. The van der Waals surface area contributed by atoms with Crippen molar-refractivity contribution in [2.24, 2.45) is 5.73 Å². The van der Waals surface area contributed by atoms with E-state index in [0.717, 1.165) is 0 Å². The van der Waals surface area contributed by atoms with Crippen molar-refractivity contribution in [3.05, 3.63) is 35.5 Å². The van der Waals surface area contributed by atoms with Crippen LogP contribution in [0.4, 0.5) is 0 Å². The van der Waals surface area contributed by atoms with E-state index in [4.69, 9.17) is 5.73 Å². The van der Waals surface area contributed by atoms with Gasteiger partial charge in [0.15, 0.2) is 0 Å². The Morgan fingerprint density at radius 3 is 2.58 bits per heavy atom. The van der Waals surface area contributed by atoms with Gasteiger partial charge in [-0.2, -0.15) is 0 Å². The number of aromatic amines is 1. The number of nitrogens with two attached hydrogens (primary N) is 1. The molecular formula is C17H26N2. The molecule has 0 radical (unpaired) electrons. The minimum atomic E-state index is 0.619. The second kappa shape index (κ2) is 7.34. The second-order valence-corrected chi connectivity index (χ2v) is 5.44. The normalized spacial score (nSPS) is 11.3. The number of unbranched alkanes of at least 4 members (excludes halogenated alkanes) is 5. The third-order valence-corrected chi connectivity index (χ3v) is 3.78. The van der Waals surface area contributed by atoms with E-state index in [1.165, 1.54) is 67.1 Å². The zero-order valence-corrected chi connectivity index (χ0v) is 12.0. The first-order valence-electron chi connectivity index (χ1n) is 7.64. The molecule has 2 nitrogen and oxygen atoms in total. The van der Waals surface area contributed by atoms with Gasteiger partial charge in [-0.3, -0.25) is 0 Å². The van der Waals surface area contributed by atoms with Crippen LogP contribution >= 0.6 is 0 Å². The molecule has 0 fully saturated rings. The molecule has 0 atom stereocenters. The van der Waals surface area contributed by atoms with Gasteiger partial charge >= 0.3 is 0 Å². The van der Waals surface area contributed by atoms with Crippen molar-refractivity contribution in [1.82, 2.24) is 4.98 Å². The fraction of sp³-hybridized carbons (Fsp3) is 0.529. The van der Waals surface area contributed by atoms with Gasteiger partial charge in [0.2, 0.25) is 0 Å². The third-order valence-electron chi connectivity index (χ3n) is 3.78. The predicted octanol–water partition coefficient (Wildman–Crippen LogP) is 4.53. The highest BCUT2D eigenvalue weighted by molar-refractivity contribution is 5.81. The molecular weight excluding hydrogens is 232 g/mol. The molecule has 0 unspecified atom stereocenters. The van der Waals surface area contributed by atoms with Crippen molar-refractivity contribution in [1.29, 1.82) is 0 Å². The van der Waals surface area contributed by atoms with E-state index in [0.29, 0.717) is 6.54 Å². The molecule has 0 aliphatic heterocycles. The fourth-order valence-corrected chi connectivity index (χ4v) is 2.60. The number of aryl methyl sites for hydroxylation is 1. The van der Waals surface area contributed by atoms with Crippen LogP contribution in [0.1, 0.15) is 56.7 Å². The van der Waals surface area contributed by atoms with Gasteiger partial charge in [-0.15, -0.1) is 0 Å². The van der Waals surface area contributed by atoms with E-state index in [2.05, 4.69) is 36.2 Å². The number of hydrogen-bond acceptors (Lipinski definition) is 1. The summed E-state index contributed by atoms with van der Waals surface area (Å²) in [5, 5.41) is 1.30. The first-order valence-corrected chi connectivity index (χ1v) is 7.64. The van der Waals surface area contributed by atoms with E-state index >= 15 is 0 Å². The van der Waals surface area contributed by atoms with E-state index in [1.807, 2.05) is 0 Å². The number of aromatic nitrogens is 1. The van der Waals surface area contributed by atoms with Crippen LogP contribution in [0.25, 0.3) is 10.9 Å². The maximum atomic E-state index is 5.68. The molecule has 2 heteroatoms. The molecule has 0 aliphatic carbocycles. The molecule has 0 spiro atoms. The van der Waals surface area contributed by atoms with Gasteiger partial charge in [0.25, 0.3) is 0 Å². The molecule has 3 N–H and O–H groups in total. The van der Waals surface area contributed by atoms with Gasteiger partial charge in [-0.05, 0) is 42.0 Å². The van der Waals surface area contributed by atoms with Crippen LogP contribution in [0, 0.1) is 0 Å². The average Bonchev–Trinajstić information content (AvgIpc) is 2.84. The molecule has 0 saturated carbocycles. The number of hydrogen-bond donors (Lipinski definition) is 2. The molecule has 0 aliphatic rings. The Balaban J connectivity index is 1.84. The molecule has 0 bridgehead atoms. The average molecular weight is 258 g/mol. The van der Waals surface area contributed by atoms with Gasteiger partial charge < -0.3 is 10.7 Å². The lowest BCUT2D eigenvalue weighted by Crippen LogP contribution is -1.94. The highest BCUT2D eigenvalue weighted by atomic mass is 14.7. The minimum Gasteiger partial charge on any atom is -0.358 e. The van der Waals surface area contributed by atoms with Gasteiger partial charge in [0.05, 0.1) is 0 Å². The topological polar surface area (TPSA) is 41.8 Å². The minimum absolute atomic E-state index is 0.619. The van der Waals surface area contributed by atoms with Gasteiger partial charge in [-0.25, -0.2) is 0 Å². The van der Waals surface area contributed by atoms with Crippen LogP contribution in [-0.4, -0.2) is 4.98 Å². The van der Waals surface area contributed by atoms with Crippen LogP contribution in [-0.2, 0) is 13.0 Å². The molecule has 0 amide bonds. The van der Waals surface area contributed by atoms with Crippen molar-refractivity contribution in [3.8, 4) is 0 Å². The largest absolute Gasteiger partial charge is 0.358 e. The maximum Gasteiger partial charge on any atom is 0.0456 e. The molecule has 1 aromatic heterocycles. The molecule has 2 aromatic rings. The molecule has 19 heavy (non-hydrogen) atoms. The van der Waals surface area contributed by atoms with Crippen molar-refractivity contribution in [2.45, 2.75) is 58.4 Å². The lowest BCUT2D eigenvalue weighted by atomic mass is 10.1. The summed E-state index contributed by atoms with van der Waals surface area (Å²) < 4.78 is 0. The van der Waals surface area contributed by atoms with Crippen molar-refractivity contribution < 1.29 is 0 Å². The quantitative estimate of drug-likeness (QED) is 0.671. The lowest BCUT2D eigenvalue weighted by Gasteiger charge is -1.99. The van der Waals surface area contributed by atoms with E-state index in [9.17, 15) is 0 Å². The first kappa shape index (κ1) is 14.1. The van der Waals surface area contributed by atoms with E-state index in [-0.39, 0.29) is 0 Å². The second-order valence-electron chi connectivity index (χ2n) is 5.44. The highest BCUT2D eigenvalue weighted by Crippen LogP contribution is 2.19. The third kappa shape index (κ3) is 4.10. The van der Waals surface area contributed by atoms with Crippen LogP contribution in [0.2, 0.25) is 0 Å². The summed E-state index contributed by atoms with van der Waals surface area (Å²) in [7, 11) is 0. The van der Waals surface area contributed by atoms with Crippen molar-refractivity contribution in [2.75, 3.05) is 0 Å². The van der Waals surface area contributed by atoms with Crippen LogP contribution in [0.5, 0.6) is 0 Å². The summed E-state index contributed by atoms with van der Waals surface area (Å²) in [5.74, 6) is 0. The zero-order chi connectivity index (χ0) is 13.5. The predicted molar refractivity (Wildman–Crippen MR) is 83.3 cm³/mol. The van der Waals surface area contributed by atoms with Crippen LogP contribution in [0.15, 0.2) is 24.3 Å². The van der Waals surface area contributed by atoms with Crippen molar-refractivity contribution in [3.63, 3.8) is 0 Å². The summed E-state index contributed by atoms with van der Waals surface area (Å²) >= 11 is 0. The molecule has 2 rings (SSSR count). The fourth-order valence-electron chi connectivity index (χ4n) is 2.60. The summed E-state index contributed by atoms with van der Waals surface area (Å²) in [6.45, 7) is 2.88. The van der Waals surface area contributed by atoms with Gasteiger partial charge in [0.1, 0.15) is 0 Å². The Labute approximate surface area is 116 Å². The van der Waals surface area contributed by atoms with Crippen LogP contribution < -0.4 is 5.73 Å². The lowest BCUT2D eigenvalue weighted by molar-refractivity contribution is 0.605. The first-order chi connectivity index (χ1) is 9.33. The Kier molecular flexibility index (Phi) is 5.46. The number of nitrogens with one attached hydrogen (secondary N) is 1. The summed E-state index contributed by atoms with van der Waals surface area (Å²) in [6.07, 6.45) is 9.29. The number of benzene rings is 1. The molecule has 1 heterocycles. The Bertz CT molecular complexity index is 499. The Morgan fingerprint density at radius 1 is 1.00 bits per heavy atom. The molecule has 1 aromatic carbocycles. The van der Waals surface area contributed by atoms with E-state index in [1.54, 1.807) is 0 Å². The Hall–Kier alpha value is -1.28. The monoisotopic (exact) mass is 258 g/mol. The number of rotatable bonds is 8. The van der Waals surface area contributed by atoms with Gasteiger partial charge in [0, 0.05) is 17.8 Å². The maximum absolute atomic E-state index is 5.68. The molecule has 104 valence electrons. The number of fused-ring (bicyclic) bond motifs is 1. The number of H-pyrrole nitrogens is 1. The van der Waals surface area contributed by atoms with E-state index < -0.39 is 0 Å².